The maximum absolute atomic E-state index is 4.60. The predicted molar refractivity (Wildman–Crippen MR) is 83.9 cm³/mol. The lowest BCUT2D eigenvalue weighted by atomic mass is 9.96. The highest BCUT2D eigenvalue weighted by Gasteiger charge is 2.20. The highest BCUT2D eigenvalue weighted by atomic mass is 15.1. The van der Waals surface area contributed by atoms with Crippen LogP contribution in [0.15, 0.2) is 30.6 Å². The van der Waals surface area contributed by atoms with Crippen LogP contribution in [0.2, 0.25) is 0 Å². The molecule has 112 valence electrons. The minimum Gasteiger partial charge on any atom is -0.335 e. The van der Waals surface area contributed by atoms with Gasteiger partial charge in [0.15, 0.2) is 0 Å². The van der Waals surface area contributed by atoms with Gasteiger partial charge < -0.3 is 4.57 Å². The summed E-state index contributed by atoms with van der Waals surface area (Å²) in [5, 5.41) is 0. The number of aryl methyl sites for hydroxylation is 2. The van der Waals surface area contributed by atoms with Crippen molar-refractivity contribution in [2.24, 2.45) is 5.92 Å². The van der Waals surface area contributed by atoms with Crippen molar-refractivity contribution in [3.63, 3.8) is 0 Å². The second kappa shape index (κ2) is 6.39. The largest absolute Gasteiger partial charge is 0.335 e. The van der Waals surface area contributed by atoms with Gasteiger partial charge in [-0.1, -0.05) is 6.07 Å². The summed E-state index contributed by atoms with van der Waals surface area (Å²) in [6.45, 7) is 8.59. The number of hydrogen-bond donors (Lipinski definition) is 0. The number of piperidine rings is 1. The van der Waals surface area contributed by atoms with Crippen molar-refractivity contribution in [1.82, 2.24) is 19.4 Å². The first-order valence-electron chi connectivity index (χ1n) is 7.83. The maximum Gasteiger partial charge on any atom is 0.105 e. The fourth-order valence-corrected chi connectivity index (χ4v) is 3.12. The fourth-order valence-electron chi connectivity index (χ4n) is 3.12. The highest BCUT2D eigenvalue weighted by molar-refractivity contribution is 5.09. The van der Waals surface area contributed by atoms with Gasteiger partial charge in [-0.2, -0.15) is 0 Å². The van der Waals surface area contributed by atoms with E-state index in [1.165, 1.54) is 31.6 Å². The molecule has 0 atom stereocenters. The van der Waals surface area contributed by atoms with E-state index >= 15 is 0 Å². The number of nitrogens with zero attached hydrogens (tertiary/aromatic N) is 4. The van der Waals surface area contributed by atoms with Crippen LogP contribution >= 0.6 is 0 Å². The van der Waals surface area contributed by atoms with Gasteiger partial charge in [0, 0.05) is 31.2 Å². The average molecular weight is 284 g/mol. The third-order valence-electron chi connectivity index (χ3n) is 4.42. The number of hydrogen-bond acceptors (Lipinski definition) is 3. The quantitative estimate of drug-likeness (QED) is 0.866. The van der Waals surface area contributed by atoms with Crippen LogP contribution in [0.5, 0.6) is 0 Å². The van der Waals surface area contributed by atoms with E-state index in [1.54, 1.807) is 0 Å². The molecule has 0 N–H and O–H groups in total. The number of rotatable bonds is 4. The average Bonchev–Trinajstić information content (AvgIpc) is 2.87. The molecule has 0 amide bonds. The van der Waals surface area contributed by atoms with Crippen LogP contribution in [0.1, 0.15) is 30.1 Å². The first-order valence-corrected chi connectivity index (χ1v) is 7.83. The zero-order valence-electron chi connectivity index (χ0n) is 13.0. The smallest absolute Gasteiger partial charge is 0.105 e. The topological polar surface area (TPSA) is 34.0 Å². The standard InChI is InChI=1S/C17H24N4/c1-14-4-3-5-17(19-14)13-20-9-6-16(7-10-20)12-21-11-8-18-15(21)2/h3-5,8,11,16H,6-7,9-10,12-13H2,1-2H3. The van der Waals surface area contributed by atoms with Crippen molar-refractivity contribution in [3.05, 3.63) is 47.8 Å². The van der Waals surface area contributed by atoms with E-state index in [0.717, 1.165) is 30.5 Å². The van der Waals surface area contributed by atoms with Crippen molar-refractivity contribution in [2.45, 2.75) is 39.8 Å². The monoisotopic (exact) mass is 284 g/mol. The third kappa shape index (κ3) is 3.70. The van der Waals surface area contributed by atoms with E-state index < -0.39 is 0 Å². The van der Waals surface area contributed by atoms with E-state index in [0.29, 0.717) is 0 Å². The summed E-state index contributed by atoms with van der Waals surface area (Å²) in [4.78, 5) is 11.4. The van der Waals surface area contributed by atoms with Crippen molar-refractivity contribution in [1.29, 1.82) is 0 Å². The van der Waals surface area contributed by atoms with Gasteiger partial charge in [0.2, 0.25) is 0 Å². The van der Waals surface area contributed by atoms with Crippen molar-refractivity contribution in [3.8, 4) is 0 Å². The first kappa shape index (κ1) is 14.3. The van der Waals surface area contributed by atoms with Gasteiger partial charge in [-0.25, -0.2) is 4.98 Å². The maximum atomic E-state index is 4.60. The Balaban J connectivity index is 1.50. The SMILES string of the molecule is Cc1cccc(CN2CCC(Cn3ccnc3C)CC2)n1. The van der Waals surface area contributed by atoms with E-state index in [1.807, 2.05) is 6.20 Å². The van der Waals surface area contributed by atoms with Crippen LogP contribution in [0.25, 0.3) is 0 Å². The zero-order valence-corrected chi connectivity index (χ0v) is 13.0. The molecule has 0 radical (unpaired) electrons. The van der Waals surface area contributed by atoms with Gasteiger partial charge >= 0.3 is 0 Å². The lowest BCUT2D eigenvalue weighted by Crippen LogP contribution is -2.34. The summed E-state index contributed by atoms with van der Waals surface area (Å²) in [6.07, 6.45) is 6.53. The Kier molecular flexibility index (Phi) is 4.34. The van der Waals surface area contributed by atoms with Crippen LogP contribution in [0.3, 0.4) is 0 Å². The number of likely N-dealkylation sites (tertiary alicyclic amines) is 1. The molecule has 4 heteroatoms. The van der Waals surface area contributed by atoms with Gasteiger partial charge in [-0.05, 0) is 57.8 Å². The molecule has 3 heterocycles. The lowest BCUT2D eigenvalue weighted by Gasteiger charge is -2.32. The number of imidazole rings is 1. The molecule has 2 aromatic rings. The van der Waals surface area contributed by atoms with Crippen molar-refractivity contribution < 1.29 is 0 Å². The molecule has 0 saturated carbocycles. The molecule has 21 heavy (non-hydrogen) atoms. The van der Waals surface area contributed by atoms with Crippen molar-refractivity contribution >= 4 is 0 Å². The highest BCUT2D eigenvalue weighted by Crippen LogP contribution is 2.20. The summed E-state index contributed by atoms with van der Waals surface area (Å²) in [6, 6.07) is 6.30. The van der Waals surface area contributed by atoms with E-state index in [-0.39, 0.29) is 0 Å². The fraction of sp³-hybridized carbons (Fsp3) is 0.529. The molecular formula is C17H24N4. The molecule has 1 aliphatic rings. The summed E-state index contributed by atoms with van der Waals surface area (Å²) in [5.41, 5.74) is 2.30. The zero-order chi connectivity index (χ0) is 14.7. The van der Waals surface area contributed by atoms with Crippen LogP contribution in [-0.2, 0) is 13.1 Å². The molecule has 0 aromatic carbocycles. The molecule has 0 aliphatic carbocycles. The molecule has 4 nitrogen and oxygen atoms in total. The Morgan fingerprint density at radius 3 is 2.67 bits per heavy atom. The second-order valence-electron chi connectivity index (χ2n) is 6.12. The number of aromatic nitrogens is 3. The molecule has 0 unspecified atom stereocenters. The third-order valence-corrected chi connectivity index (χ3v) is 4.42. The molecule has 1 saturated heterocycles. The normalized spacial score (nSPS) is 17.2. The minimum absolute atomic E-state index is 0.777. The van der Waals surface area contributed by atoms with E-state index in [2.05, 4.69) is 57.7 Å². The second-order valence-corrected chi connectivity index (χ2v) is 6.12. The van der Waals surface area contributed by atoms with Crippen molar-refractivity contribution in [2.75, 3.05) is 13.1 Å². The van der Waals surface area contributed by atoms with Gasteiger partial charge in [0.05, 0.1) is 5.69 Å². The van der Waals surface area contributed by atoms with Gasteiger partial charge in [-0.15, -0.1) is 0 Å². The van der Waals surface area contributed by atoms with Gasteiger partial charge in [0.1, 0.15) is 5.82 Å². The number of pyridine rings is 1. The summed E-state index contributed by atoms with van der Waals surface area (Å²) in [5.74, 6) is 1.90. The van der Waals surface area contributed by atoms with Crippen LogP contribution in [0.4, 0.5) is 0 Å². The summed E-state index contributed by atoms with van der Waals surface area (Å²) >= 11 is 0. The predicted octanol–water partition coefficient (Wildman–Crippen LogP) is 2.81. The Labute approximate surface area is 126 Å². The lowest BCUT2D eigenvalue weighted by molar-refractivity contribution is 0.165. The summed E-state index contributed by atoms with van der Waals surface area (Å²) in [7, 11) is 0. The first-order chi connectivity index (χ1) is 10.2. The Morgan fingerprint density at radius 1 is 1.19 bits per heavy atom. The van der Waals surface area contributed by atoms with Crippen LogP contribution < -0.4 is 0 Å². The molecule has 1 aliphatic heterocycles. The van der Waals surface area contributed by atoms with Gasteiger partial charge in [-0.3, -0.25) is 9.88 Å². The van der Waals surface area contributed by atoms with E-state index in [4.69, 9.17) is 0 Å². The summed E-state index contributed by atoms with van der Waals surface area (Å²) < 4.78 is 2.28. The van der Waals surface area contributed by atoms with E-state index in [9.17, 15) is 0 Å². The van der Waals surface area contributed by atoms with Crippen LogP contribution in [0, 0.1) is 19.8 Å². The molecule has 0 bridgehead atoms. The Morgan fingerprint density at radius 2 is 2.00 bits per heavy atom. The molecule has 1 fully saturated rings. The van der Waals surface area contributed by atoms with Crippen LogP contribution in [-0.4, -0.2) is 32.5 Å². The molecule has 2 aromatic heterocycles. The van der Waals surface area contributed by atoms with Gasteiger partial charge in [0.25, 0.3) is 0 Å². The Hall–Kier alpha value is -1.68. The molecular weight excluding hydrogens is 260 g/mol. The molecule has 3 rings (SSSR count). The minimum atomic E-state index is 0.777. The Bertz CT molecular complexity index is 582. The molecule has 0 spiro atoms.